The molecule has 110 valence electrons. The van der Waals surface area contributed by atoms with Gasteiger partial charge in [-0.3, -0.25) is 0 Å². The molecule has 3 aromatic rings. The number of rotatable bonds is 4. The highest BCUT2D eigenvalue weighted by Gasteiger charge is 2.10. The lowest BCUT2D eigenvalue weighted by molar-refractivity contribution is -0.696. The van der Waals surface area contributed by atoms with E-state index in [9.17, 15) is 0 Å². The Hall–Kier alpha value is -1.43. The Labute approximate surface area is 142 Å². The molecule has 0 aliphatic rings. The number of aryl methyl sites for hydroxylation is 2. The number of hydrogen-bond acceptors (Lipinski definition) is 2. The average molecular weight is 394 g/mol. The Bertz CT molecular complexity index is 719. The Balaban J connectivity index is 0.00000161. The van der Waals surface area contributed by atoms with Crippen LogP contribution in [0.1, 0.15) is 25.8 Å². The molecule has 3 rings (SSSR count). The summed E-state index contributed by atoms with van der Waals surface area (Å²) in [4.78, 5) is 4.59. The van der Waals surface area contributed by atoms with Gasteiger partial charge in [0.1, 0.15) is 12.1 Å². The third kappa shape index (κ3) is 3.43. The number of pyridine rings is 1. The second-order valence-electron chi connectivity index (χ2n) is 5.00. The SMILES string of the molecule is CCC[n+]1ccc(-c2nc3cc(CC)ccc3o2)cc1.[I-]. The third-order valence-corrected chi connectivity index (χ3v) is 3.48. The van der Waals surface area contributed by atoms with Crippen LogP contribution in [0.15, 0.2) is 47.1 Å². The molecular weight excluding hydrogens is 375 g/mol. The molecule has 0 N–H and O–H groups in total. The van der Waals surface area contributed by atoms with Crippen LogP contribution in [0.4, 0.5) is 0 Å². The van der Waals surface area contributed by atoms with Crippen molar-refractivity contribution >= 4 is 11.1 Å². The minimum atomic E-state index is 0. The summed E-state index contributed by atoms with van der Waals surface area (Å²) in [5, 5.41) is 0. The largest absolute Gasteiger partial charge is 1.00 e. The second-order valence-corrected chi connectivity index (χ2v) is 5.00. The summed E-state index contributed by atoms with van der Waals surface area (Å²) in [6.45, 7) is 5.35. The third-order valence-electron chi connectivity index (χ3n) is 3.48. The quantitative estimate of drug-likeness (QED) is 0.483. The summed E-state index contributed by atoms with van der Waals surface area (Å²) < 4.78 is 8.00. The summed E-state index contributed by atoms with van der Waals surface area (Å²) in [5.41, 5.74) is 4.09. The molecule has 3 nitrogen and oxygen atoms in total. The first kappa shape index (κ1) is 15.9. The lowest BCUT2D eigenvalue weighted by Crippen LogP contribution is -3.00. The molecule has 0 saturated carbocycles. The van der Waals surface area contributed by atoms with Gasteiger partial charge in [0.15, 0.2) is 18.0 Å². The van der Waals surface area contributed by atoms with Gasteiger partial charge < -0.3 is 28.4 Å². The number of aromatic nitrogens is 2. The lowest BCUT2D eigenvalue weighted by atomic mass is 10.1. The Morgan fingerprint density at radius 3 is 2.52 bits per heavy atom. The number of nitrogens with zero attached hydrogens (tertiary/aromatic N) is 2. The summed E-state index contributed by atoms with van der Waals surface area (Å²) in [6, 6.07) is 10.3. The van der Waals surface area contributed by atoms with Crippen LogP contribution in [0.3, 0.4) is 0 Å². The van der Waals surface area contributed by atoms with Crippen molar-refractivity contribution in [1.29, 1.82) is 0 Å². The van der Waals surface area contributed by atoms with E-state index in [-0.39, 0.29) is 24.0 Å². The molecule has 0 aliphatic heterocycles. The van der Waals surface area contributed by atoms with Crippen molar-refractivity contribution in [1.82, 2.24) is 4.98 Å². The molecule has 0 fully saturated rings. The van der Waals surface area contributed by atoms with E-state index < -0.39 is 0 Å². The van der Waals surface area contributed by atoms with Crippen LogP contribution < -0.4 is 28.5 Å². The van der Waals surface area contributed by atoms with E-state index in [2.05, 4.69) is 60.1 Å². The molecule has 0 aliphatic carbocycles. The van der Waals surface area contributed by atoms with Gasteiger partial charge in [0.25, 0.3) is 0 Å². The Kier molecular flexibility index (Phi) is 5.33. The van der Waals surface area contributed by atoms with Gasteiger partial charge in [-0.15, -0.1) is 0 Å². The maximum Gasteiger partial charge on any atom is 0.227 e. The average Bonchev–Trinajstić information content (AvgIpc) is 2.91. The molecule has 4 heteroatoms. The zero-order valence-corrected chi connectivity index (χ0v) is 14.5. The van der Waals surface area contributed by atoms with Gasteiger partial charge in [0.2, 0.25) is 5.89 Å². The zero-order valence-electron chi connectivity index (χ0n) is 12.3. The molecule has 0 atom stereocenters. The van der Waals surface area contributed by atoms with Crippen molar-refractivity contribution in [2.45, 2.75) is 33.2 Å². The van der Waals surface area contributed by atoms with Crippen LogP contribution in [0, 0.1) is 0 Å². The van der Waals surface area contributed by atoms with Crippen LogP contribution >= 0.6 is 0 Å². The monoisotopic (exact) mass is 394 g/mol. The summed E-state index contributed by atoms with van der Waals surface area (Å²) in [6.07, 6.45) is 6.30. The molecule has 0 spiro atoms. The van der Waals surface area contributed by atoms with Crippen molar-refractivity contribution in [2.75, 3.05) is 0 Å². The van der Waals surface area contributed by atoms with Crippen molar-refractivity contribution in [3.8, 4) is 11.5 Å². The van der Waals surface area contributed by atoms with Gasteiger partial charge in [0.05, 0.1) is 0 Å². The highest BCUT2D eigenvalue weighted by atomic mass is 127. The fraction of sp³-hybridized carbons (Fsp3) is 0.294. The molecular formula is C17H19IN2O. The summed E-state index contributed by atoms with van der Waals surface area (Å²) >= 11 is 0. The van der Waals surface area contributed by atoms with Gasteiger partial charge in [0, 0.05) is 24.1 Å². The molecule has 1 aromatic carbocycles. The minimum Gasteiger partial charge on any atom is -1.00 e. The van der Waals surface area contributed by atoms with Crippen LogP contribution in [0.2, 0.25) is 0 Å². The predicted octanol–water partition coefficient (Wildman–Crippen LogP) is 0.759. The van der Waals surface area contributed by atoms with Crippen LogP contribution in [0.5, 0.6) is 0 Å². The predicted molar refractivity (Wildman–Crippen MR) is 79.3 cm³/mol. The number of halogens is 1. The van der Waals surface area contributed by atoms with Crippen molar-refractivity contribution in [3.05, 3.63) is 48.3 Å². The standard InChI is InChI=1S/C17H19N2O.HI/c1-3-9-19-10-7-14(8-11-19)17-18-15-12-13(4-2)5-6-16(15)20-17;/h5-8,10-12H,3-4,9H2,1-2H3;1H/q+1;/p-1. The normalized spacial score (nSPS) is 10.6. The highest BCUT2D eigenvalue weighted by molar-refractivity contribution is 5.76. The van der Waals surface area contributed by atoms with Crippen LogP contribution in [-0.4, -0.2) is 4.98 Å². The van der Waals surface area contributed by atoms with Gasteiger partial charge in [-0.05, 0) is 24.1 Å². The Morgan fingerprint density at radius 1 is 1.10 bits per heavy atom. The smallest absolute Gasteiger partial charge is 0.227 e. The number of oxazole rings is 1. The first-order valence-electron chi connectivity index (χ1n) is 7.19. The molecule has 21 heavy (non-hydrogen) atoms. The topological polar surface area (TPSA) is 29.9 Å². The lowest BCUT2D eigenvalue weighted by Gasteiger charge is -1.95. The van der Waals surface area contributed by atoms with Gasteiger partial charge in [-0.1, -0.05) is 19.9 Å². The molecule has 0 saturated heterocycles. The van der Waals surface area contributed by atoms with Crippen molar-refractivity contribution in [2.24, 2.45) is 0 Å². The maximum atomic E-state index is 5.83. The number of benzene rings is 1. The van der Waals surface area contributed by atoms with Gasteiger partial charge >= 0.3 is 0 Å². The van der Waals surface area contributed by atoms with E-state index in [1.54, 1.807) is 0 Å². The molecule has 2 heterocycles. The van der Waals surface area contributed by atoms with Gasteiger partial charge in [-0.25, -0.2) is 9.55 Å². The van der Waals surface area contributed by atoms with E-state index in [1.807, 2.05) is 6.07 Å². The first-order chi connectivity index (χ1) is 9.80. The first-order valence-corrected chi connectivity index (χ1v) is 7.19. The fourth-order valence-corrected chi connectivity index (χ4v) is 2.32. The van der Waals surface area contributed by atoms with Crippen LogP contribution in [0.25, 0.3) is 22.6 Å². The van der Waals surface area contributed by atoms with Crippen molar-refractivity contribution < 1.29 is 33.0 Å². The summed E-state index contributed by atoms with van der Waals surface area (Å²) in [7, 11) is 0. The second kappa shape index (κ2) is 7.02. The van der Waals surface area contributed by atoms with Gasteiger partial charge in [-0.2, -0.15) is 0 Å². The maximum absolute atomic E-state index is 5.83. The zero-order chi connectivity index (χ0) is 13.9. The summed E-state index contributed by atoms with van der Waals surface area (Å²) in [5.74, 6) is 0.692. The molecule has 0 unspecified atom stereocenters. The molecule has 0 bridgehead atoms. The van der Waals surface area contributed by atoms with Crippen molar-refractivity contribution in [3.63, 3.8) is 0 Å². The van der Waals surface area contributed by atoms with E-state index in [4.69, 9.17) is 4.42 Å². The molecule has 0 amide bonds. The highest BCUT2D eigenvalue weighted by Crippen LogP contribution is 2.24. The van der Waals surface area contributed by atoms with Crippen LogP contribution in [-0.2, 0) is 13.0 Å². The molecule has 0 radical (unpaired) electrons. The van der Waals surface area contributed by atoms with E-state index in [0.717, 1.165) is 36.0 Å². The van der Waals surface area contributed by atoms with E-state index in [0.29, 0.717) is 5.89 Å². The number of fused-ring (bicyclic) bond motifs is 1. The van der Waals surface area contributed by atoms with E-state index >= 15 is 0 Å². The number of hydrogen-bond donors (Lipinski definition) is 0. The van der Waals surface area contributed by atoms with E-state index in [1.165, 1.54) is 5.56 Å². The Morgan fingerprint density at radius 2 is 1.86 bits per heavy atom. The minimum absolute atomic E-state index is 0. The molecule has 2 aromatic heterocycles. The fourth-order valence-electron chi connectivity index (χ4n) is 2.32.